The number of aliphatic hydroxyl groups excluding tert-OH is 2. The van der Waals surface area contributed by atoms with E-state index in [1.54, 1.807) is 0 Å². The number of hydrogen-bond acceptors (Lipinski definition) is 4. The molecule has 0 amide bonds. The lowest BCUT2D eigenvalue weighted by molar-refractivity contribution is -0.337. The SMILES string of the molecule is CC1COOCC1CC(O)CO. The van der Waals surface area contributed by atoms with Crippen molar-refractivity contribution in [1.82, 2.24) is 0 Å². The van der Waals surface area contributed by atoms with Crippen LogP contribution < -0.4 is 0 Å². The van der Waals surface area contributed by atoms with Crippen molar-refractivity contribution in [3.8, 4) is 0 Å². The Balaban J connectivity index is 2.28. The smallest absolute Gasteiger partial charge is 0.0854 e. The van der Waals surface area contributed by atoms with Crippen LogP contribution in [0.5, 0.6) is 0 Å². The Morgan fingerprint density at radius 1 is 1.42 bits per heavy atom. The van der Waals surface area contributed by atoms with E-state index < -0.39 is 6.10 Å². The molecule has 1 saturated heterocycles. The summed E-state index contributed by atoms with van der Waals surface area (Å²) in [5.74, 6) is 0.681. The highest BCUT2D eigenvalue weighted by molar-refractivity contribution is 4.70. The van der Waals surface area contributed by atoms with Crippen LogP contribution in [0.25, 0.3) is 0 Å². The summed E-state index contributed by atoms with van der Waals surface area (Å²) >= 11 is 0. The van der Waals surface area contributed by atoms with Crippen LogP contribution in [0.2, 0.25) is 0 Å². The third-order valence-corrected chi connectivity index (χ3v) is 2.29. The summed E-state index contributed by atoms with van der Waals surface area (Å²) in [5.41, 5.74) is 0. The summed E-state index contributed by atoms with van der Waals surface area (Å²) in [6.45, 7) is 2.96. The molecule has 0 aromatic carbocycles. The van der Waals surface area contributed by atoms with Crippen LogP contribution in [-0.4, -0.2) is 36.1 Å². The fourth-order valence-electron chi connectivity index (χ4n) is 1.32. The van der Waals surface area contributed by atoms with Gasteiger partial charge in [0.25, 0.3) is 0 Å². The van der Waals surface area contributed by atoms with Crippen molar-refractivity contribution in [2.24, 2.45) is 11.8 Å². The molecular weight excluding hydrogens is 160 g/mol. The van der Waals surface area contributed by atoms with Crippen LogP contribution in [0.1, 0.15) is 13.3 Å². The van der Waals surface area contributed by atoms with Crippen LogP contribution in [0, 0.1) is 11.8 Å². The summed E-state index contributed by atoms with van der Waals surface area (Å²) in [7, 11) is 0. The van der Waals surface area contributed by atoms with E-state index in [4.69, 9.17) is 14.9 Å². The third-order valence-electron chi connectivity index (χ3n) is 2.29. The minimum Gasteiger partial charge on any atom is -0.394 e. The van der Waals surface area contributed by atoms with Crippen LogP contribution in [0.3, 0.4) is 0 Å². The molecule has 0 aromatic heterocycles. The fraction of sp³-hybridized carbons (Fsp3) is 1.00. The molecule has 1 aliphatic rings. The molecule has 0 aromatic rings. The lowest BCUT2D eigenvalue weighted by Crippen LogP contribution is -2.32. The molecule has 3 unspecified atom stereocenters. The largest absolute Gasteiger partial charge is 0.394 e. The molecule has 4 nitrogen and oxygen atoms in total. The van der Waals surface area contributed by atoms with Gasteiger partial charge in [-0.05, 0) is 18.3 Å². The van der Waals surface area contributed by atoms with E-state index in [0.717, 1.165) is 0 Å². The molecule has 0 radical (unpaired) electrons. The highest BCUT2D eigenvalue weighted by Gasteiger charge is 2.25. The van der Waals surface area contributed by atoms with E-state index in [2.05, 4.69) is 6.92 Å². The van der Waals surface area contributed by atoms with Crippen molar-refractivity contribution in [3.63, 3.8) is 0 Å². The lowest BCUT2D eigenvalue weighted by atomic mass is 9.90. The van der Waals surface area contributed by atoms with Crippen LogP contribution in [-0.2, 0) is 9.78 Å². The van der Waals surface area contributed by atoms with Crippen molar-refractivity contribution in [2.45, 2.75) is 19.4 Å². The van der Waals surface area contributed by atoms with Crippen LogP contribution in [0.15, 0.2) is 0 Å². The molecule has 0 bridgehead atoms. The van der Waals surface area contributed by atoms with Crippen molar-refractivity contribution < 1.29 is 20.0 Å². The maximum absolute atomic E-state index is 9.18. The van der Waals surface area contributed by atoms with Gasteiger partial charge in [-0.15, -0.1) is 0 Å². The first-order valence-corrected chi connectivity index (χ1v) is 4.27. The fourth-order valence-corrected chi connectivity index (χ4v) is 1.32. The molecule has 1 rings (SSSR count). The Labute approximate surface area is 72.0 Å². The average Bonchev–Trinajstić information content (AvgIpc) is 2.09. The summed E-state index contributed by atoms with van der Waals surface area (Å²) in [6.07, 6.45) is -0.0414. The van der Waals surface area contributed by atoms with Gasteiger partial charge in [-0.1, -0.05) is 6.92 Å². The van der Waals surface area contributed by atoms with Gasteiger partial charge in [0.1, 0.15) is 0 Å². The Kier molecular flexibility index (Phi) is 3.94. The Morgan fingerprint density at radius 2 is 2.08 bits per heavy atom. The molecule has 2 N–H and O–H groups in total. The quantitative estimate of drug-likeness (QED) is 0.592. The van der Waals surface area contributed by atoms with Gasteiger partial charge in [-0.2, -0.15) is 0 Å². The first kappa shape index (κ1) is 9.92. The number of aliphatic hydroxyl groups is 2. The summed E-state index contributed by atoms with van der Waals surface area (Å²) < 4.78 is 0. The topological polar surface area (TPSA) is 58.9 Å². The minimum absolute atomic E-state index is 0.177. The molecule has 1 aliphatic heterocycles. The van der Waals surface area contributed by atoms with E-state index in [-0.39, 0.29) is 6.61 Å². The molecule has 12 heavy (non-hydrogen) atoms. The zero-order valence-corrected chi connectivity index (χ0v) is 7.27. The monoisotopic (exact) mass is 176 g/mol. The molecular formula is C8H16O4. The molecule has 72 valence electrons. The Bertz CT molecular complexity index is 128. The predicted molar refractivity (Wildman–Crippen MR) is 42.3 cm³/mol. The molecule has 4 heteroatoms. The van der Waals surface area contributed by atoms with Crippen molar-refractivity contribution in [2.75, 3.05) is 19.8 Å². The molecule has 3 atom stereocenters. The van der Waals surface area contributed by atoms with Crippen molar-refractivity contribution in [1.29, 1.82) is 0 Å². The number of hydrogen-bond donors (Lipinski definition) is 2. The highest BCUT2D eigenvalue weighted by atomic mass is 17.2. The molecule has 1 heterocycles. The lowest BCUT2D eigenvalue weighted by Gasteiger charge is -2.28. The van der Waals surface area contributed by atoms with E-state index in [9.17, 15) is 5.11 Å². The second kappa shape index (κ2) is 4.77. The summed E-state index contributed by atoms with van der Waals surface area (Å²) in [6, 6.07) is 0. The molecule has 0 spiro atoms. The summed E-state index contributed by atoms with van der Waals surface area (Å²) in [4.78, 5) is 9.59. The first-order chi connectivity index (χ1) is 5.74. The molecule has 1 fully saturated rings. The van der Waals surface area contributed by atoms with Gasteiger partial charge in [0.05, 0.1) is 25.9 Å². The second-order valence-electron chi connectivity index (χ2n) is 3.38. The summed E-state index contributed by atoms with van der Waals surface area (Å²) in [5, 5.41) is 17.8. The van der Waals surface area contributed by atoms with Crippen LogP contribution >= 0.6 is 0 Å². The Hall–Kier alpha value is -0.160. The van der Waals surface area contributed by atoms with Crippen molar-refractivity contribution in [3.05, 3.63) is 0 Å². The van der Waals surface area contributed by atoms with E-state index in [0.29, 0.717) is 31.5 Å². The maximum atomic E-state index is 9.18. The standard InChI is InChI=1S/C8H16O4/c1-6-4-11-12-5-7(6)2-8(10)3-9/h6-10H,2-5H2,1H3. The Morgan fingerprint density at radius 3 is 2.67 bits per heavy atom. The third kappa shape index (κ3) is 2.71. The second-order valence-corrected chi connectivity index (χ2v) is 3.38. The van der Waals surface area contributed by atoms with Gasteiger partial charge < -0.3 is 10.2 Å². The van der Waals surface area contributed by atoms with E-state index >= 15 is 0 Å². The van der Waals surface area contributed by atoms with Gasteiger partial charge in [0.15, 0.2) is 0 Å². The first-order valence-electron chi connectivity index (χ1n) is 4.27. The minimum atomic E-state index is -0.626. The van der Waals surface area contributed by atoms with Crippen LogP contribution in [0.4, 0.5) is 0 Å². The number of rotatable bonds is 3. The molecule has 0 saturated carbocycles. The predicted octanol–water partition coefficient (Wildman–Crippen LogP) is -0.0562. The maximum Gasteiger partial charge on any atom is 0.0854 e. The van der Waals surface area contributed by atoms with Gasteiger partial charge in [0, 0.05) is 0 Å². The average molecular weight is 176 g/mol. The van der Waals surface area contributed by atoms with Gasteiger partial charge >= 0.3 is 0 Å². The highest BCUT2D eigenvalue weighted by Crippen LogP contribution is 2.22. The van der Waals surface area contributed by atoms with Gasteiger partial charge in [-0.25, -0.2) is 9.78 Å². The van der Waals surface area contributed by atoms with E-state index in [1.807, 2.05) is 0 Å². The molecule has 0 aliphatic carbocycles. The van der Waals surface area contributed by atoms with E-state index in [1.165, 1.54) is 0 Å². The van der Waals surface area contributed by atoms with Crippen molar-refractivity contribution >= 4 is 0 Å². The van der Waals surface area contributed by atoms with Gasteiger partial charge in [-0.3, -0.25) is 0 Å². The zero-order chi connectivity index (χ0) is 8.97. The normalized spacial score (nSPS) is 33.2. The van der Waals surface area contributed by atoms with Gasteiger partial charge in [0.2, 0.25) is 0 Å². The zero-order valence-electron chi connectivity index (χ0n) is 7.27.